The van der Waals surface area contributed by atoms with Crippen molar-refractivity contribution in [3.05, 3.63) is 178 Å². The third-order valence-corrected chi connectivity index (χ3v) is 15.9. The SMILES string of the molecule is CCCCOC(=O)/C(C#N)=C/c1ccc(-c2ccc(C3=C4C(=C(c5ccc(-c6ccc(N(c7ccc(C)cc7)c7ccc(C)cc7)cc6)cc5)C(=O)N4CC(CC)CCCC)N(CC(CC)CCCC)C3=O)s2)cc1. The number of benzene rings is 5. The van der Waals surface area contributed by atoms with Crippen LogP contribution in [0.4, 0.5) is 17.1 Å². The van der Waals surface area contributed by atoms with Gasteiger partial charge >= 0.3 is 5.97 Å². The van der Waals surface area contributed by atoms with Gasteiger partial charge in [-0.3, -0.25) is 9.59 Å². The quantitative estimate of drug-likeness (QED) is 0.0259. The Labute approximate surface area is 449 Å². The summed E-state index contributed by atoms with van der Waals surface area (Å²) in [6.45, 7) is 16.4. The number of amides is 2. The van der Waals surface area contributed by atoms with E-state index in [1.165, 1.54) is 11.1 Å². The van der Waals surface area contributed by atoms with Crippen molar-refractivity contribution in [2.75, 3.05) is 24.6 Å². The van der Waals surface area contributed by atoms with Crippen LogP contribution in [0.3, 0.4) is 0 Å². The van der Waals surface area contributed by atoms with Crippen LogP contribution in [0.2, 0.25) is 0 Å². The summed E-state index contributed by atoms with van der Waals surface area (Å²) >= 11 is 1.55. The van der Waals surface area contributed by atoms with Crippen molar-refractivity contribution >= 4 is 63.4 Å². The highest BCUT2D eigenvalue weighted by Crippen LogP contribution is 2.50. The van der Waals surface area contributed by atoms with Gasteiger partial charge in [0.1, 0.15) is 11.6 Å². The molecule has 1 aromatic heterocycles. The van der Waals surface area contributed by atoms with E-state index in [0.29, 0.717) is 29.8 Å². The standard InChI is InChI=1S/C66H72N4O4S/c1-8-13-16-47(11-4)43-68-62-60(53-28-26-50(27-29-53)51-30-36-57(37-31-51)70(55-32-18-45(6)19-33-55)56-34-20-46(7)21-35-56)64(71)69(44-48(12-5)17-14-9-2)63(62)61(65(68)72)59-39-38-58(75-59)52-24-22-49(23-25-52)41-54(42-67)66(73)74-40-15-10-3/h18-39,41,47-48H,8-17,40,43-44H2,1-7H3/b54-41+. The van der Waals surface area contributed by atoms with E-state index in [0.717, 1.165) is 125 Å². The van der Waals surface area contributed by atoms with Gasteiger partial charge in [0, 0.05) is 39.9 Å². The molecule has 75 heavy (non-hydrogen) atoms. The van der Waals surface area contributed by atoms with E-state index in [1.807, 2.05) is 59.2 Å². The molecule has 3 heterocycles. The van der Waals surface area contributed by atoms with Crippen LogP contribution in [0.15, 0.2) is 150 Å². The third-order valence-electron chi connectivity index (χ3n) is 14.8. The van der Waals surface area contributed by atoms with Gasteiger partial charge in [0.15, 0.2) is 0 Å². The molecule has 5 aromatic carbocycles. The Bertz CT molecular complexity index is 3040. The van der Waals surface area contributed by atoms with E-state index in [4.69, 9.17) is 4.74 Å². The van der Waals surface area contributed by atoms with Gasteiger partial charge in [-0.25, -0.2) is 4.79 Å². The molecule has 2 atom stereocenters. The molecule has 0 spiro atoms. The minimum Gasteiger partial charge on any atom is -0.462 e. The highest BCUT2D eigenvalue weighted by atomic mass is 32.1. The number of rotatable bonds is 24. The number of carbonyl (C=O) groups is 3. The van der Waals surface area contributed by atoms with Crippen molar-refractivity contribution in [3.8, 4) is 27.6 Å². The summed E-state index contributed by atoms with van der Waals surface area (Å²) in [5.41, 5.74) is 12.8. The summed E-state index contributed by atoms with van der Waals surface area (Å²) in [6.07, 6.45) is 11.3. The second kappa shape index (κ2) is 25.3. The lowest BCUT2D eigenvalue weighted by Gasteiger charge is -2.26. The lowest BCUT2D eigenvalue weighted by Crippen LogP contribution is -2.32. The molecule has 2 aliphatic rings. The van der Waals surface area contributed by atoms with Gasteiger partial charge in [-0.1, -0.05) is 176 Å². The van der Waals surface area contributed by atoms with E-state index >= 15 is 9.59 Å². The van der Waals surface area contributed by atoms with Crippen LogP contribution in [-0.2, 0) is 19.1 Å². The summed E-state index contributed by atoms with van der Waals surface area (Å²) in [7, 11) is 0. The topological polar surface area (TPSA) is 93.9 Å². The Hall–Kier alpha value is -7.28. The Morgan fingerprint density at radius 1 is 0.573 bits per heavy atom. The second-order valence-corrected chi connectivity index (χ2v) is 21.3. The van der Waals surface area contributed by atoms with Crippen LogP contribution in [0.5, 0.6) is 0 Å². The minimum atomic E-state index is -0.621. The Morgan fingerprint density at radius 2 is 1.01 bits per heavy atom. The monoisotopic (exact) mass is 1020 g/mol. The smallest absolute Gasteiger partial charge is 0.348 e. The molecule has 9 heteroatoms. The van der Waals surface area contributed by atoms with Crippen molar-refractivity contribution in [3.63, 3.8) is 0 Å². The van der Waals surface area contributed by atoms with Crippen LogP contribution in [0.25, 0.3) is 38.8 Å². The molecule has 0 aliphatic carbocycles. The first-order valence-corrected chi connectivity index (χ1v) is 28.1. The first-order chi connectivity index (χ1) is 36.5. The van der Waals surface area contributed by atoms with Crippen LogP contribution in [-0.4, -0.2) is 47.3 Å². The Kier molecular flexibility index (Phi) is 18.2. The van der Waals surface area contributed by atoms with E-state index in [9.17, 15) is 10.1 Å². The van der Waals surface area contributed by atoms with Gasteiger partial charge in [0.05, 0.1) is 29.1 Å². The molecule has 2 aliphatic heterocycles. The number of hydrogen-bond donors (Lipinski definition) is 0. The molecule has 0 fully saturated rings. The van der Waals surface area contributed by atoms with Gasteiger partial charge in [-0.05, 0) is 127 Å². The van der Waals surface area contributed by atoms with Crippen molar-refractivity contribution < 1.29 is 19.1 Å². The fourth-order valence-corrected chi connectivity index (χ4v) is 11.2. The Morgan fingerprint density at radius 3 is 1.51 bits per heavy atom. The lowest BCUT2D eigenvalue weighted by molar-refractivity contribution is -0.138. The minimum absolute atomic E-state index is 0.0460. The normalized spacial score (nSPS) is 14.4. The predicted octanol–water partition coefficient (Wildman–Crippen LogP) is 16.7. The number of nitrogens with zero attached hydrogens (tertiary/aromatic N) is 4. The van der Waals surface area contributed by atoms with Crippen molar-refractivity contribution in [1.29, 1.82) is 5.26 Å². The van der Waals surface area contributed by atoms with Gasteiger partial charge in [-0.15, -0.1) is 11.3 Å². The lowest BCUT2D eigenvalue weighted by atomic mass is 9.97. The summed E-state index contributed by atoms with van der Waals surface area (Å²) in [6, 6.07) is 48.0. The molecule has 2 unspecified atom stereocenters. The number of fused-ring (bicyclic) bond motifs is 1. The molecule has 8 nitrogen and oxygen atoms in total. The molecule has 0 N–H and O–H groups in total. The largest absolute Gasteiger partial charge is 0.462 e. The number of unbranched alkanes of at least 4 members (excludes halogenated alkanes) is 3. The second-order valence-electron chi connectivity index (χ2n) is 20.2. The molecule has 0 bridgehead atoms. The molecule has 6 aromatic rings. The van der Waals surface area contributed by atoms with Crippen LogP contribution in [0.1, 0.15) is 126 Å². The summed E-state index contributed by atoms with van der Waals surface area (Å²) in [4.78, 5) is 51.4. The third kappa shape index (κ3) is 12.3. The maximum absolute atomic E-state index is 15.4. The van der Waals surface area contributed by atoms with Gasteiger partial charge in [0.25, 0.3) is 11.8 Å². The molecule has 386 valence electrons. The first-order valence-electron chi connectivity index (χ1n) is 27.3. The zero-order valence-electron chi connectivity index (χ0n) is 45.0. The number of thiophene rings is 1. The van der Waals surface area contributed by atoms with E-state index in [1.54, 1.807) is 17.4 Å². The fraction of sp³-hybridized carbons (Fsp3) is 0.333. The van der Waals surface area contributed by atoms with Crippen molar-refractivity contribution in [2.45, 2.75) is 113 Å². The average molecular weight is 1020 g/mol. The number of carbonyl (C=O) groups excluding carboxylic acids is 3. The fourth-order valence-electron chi connectivity index (χ4n) is 10.1. The summed E-state index contributed by atoms with van der Waals surface area (Å²) in [5.74, 6) is -0.196. The van der Waals surface area contributed by atoms with Crippen LogP contribution in [0, 0.1) is 37.0 Å². The Balaban J connectivity index is 1.18. The number of anilines is 3. The number of nitriles is 1. The molecular formula is C66H72N4O4S. The molecular weight excluding hydrogens is 945 g/mol. The maximum atomic E-state index is 15.4. The average Bonchev–Trinajstić information content (AvgIpc) is 4.12. The van der Waals surface area contributed by atoms with Gasteiger partial charge in [-0.2, -0.15) is 5.26 Å². The van der Waals surface area contributed by atoms with E-state index in [2.05, 4.69) is 144 Å². The number of ether oxygens (including phenoxy) is 1. The summed E-state index contributed by atoms with van der Waals surface area (Å²) in [5, 5.41) is 9.74. The number of aryl methyl sites for hydroxylation is 2. The van der Waals surface area contributed by atoms with E-state index < -0.39 is 5.97 Å². The zero-order chi connectivity index (χ0) is 53.0. The van der Waals surface area contributed by atoms with Gasteiger partial charge in [0.2, 0.25) is 0 Å². The van der Waals surface area contributed by atoms with E-state index in [-0.39, 0.29) is 35.8 Å². The van der Waals surface area contributed by atoms with Crippen molar-refractivity contribution in [2.24, 2.45) is 11.8 Å². The molecule has 0 radical (unpaired) electrons. The molecule has 8 rings (SSSR count). The molecule has 0 saturated heterocycles. The van der Waals surface area contributed by atoms with Crippen LogP contribution >= 0.6 is 11.3 Å². The van der Waals surface area contributed by atoms with Crippen molar-refractivity contribution in [1.82, 2.24) is 9.80 Å². The highest BCUT2D eigenvalue weighted by molar-refractivity contribution is 7.17. The van der Waals surface area contributed by atoms with Gasteiger partial charge < -0.3 is 19.4 Å². The molecule has 2 amide bonds. The molecule has 0 saturated carbocycles. The number of hydrogen-bond acceptors (Lipinski definition) is 7. The first kappa shape index (κ1) is 54.0. The predicted molar refractivity (Wildman–Crippen MR) is 309 cm³/mol. The zero-order valence-corrected chi connectivity index (χ0v) is 45.8. The number of esters is 1. The maximum Gasteiger partial charge on any atom is 0.348 e. The highest BCUT2D eigenvalue weighted by Gasteiger charge is 2.49. The summed E-state index contributed by atoms with van der Waals surface area (Å²) < 4.78 is 5.30. The van der Waals surface area contributed by atoms with Crippen LogP contribution < -0.4 is 4.90 Å².